The minimum Gasteiger partial charge on any atom is -0.497 e. The summed E-state index contributed by atoms with van der Waals surface area (Å²) in [5.74, 6) is 1.36. The molecule has 21 heavy (non-hydrogen) atoms. The van der Waals surface area contributed by atoms with Crippen LogP contribution in [0.15, 0.2) is 48.5 Å². The summed E-state index contributed by atoms with van der Waals surface area (Å²) >= 11 is 0. The fourth-order valence-corrected chi connectivity index (χ4v) is 3.40. The van der Waals surface area contributed by atoms with Crippen LogP contribution in [0.25, 0.3) is 0 Å². The van der Waals surface area contributed by atoms with Crippen molar-refractivity contribution in [2.24, 2.45) is 0 Å². The summed E-state index contributed by atoms with van der Waals surface area (Å²) in [6.07, 6.45) is 2.47. The highest BCUT2D eigenvalue weighted by Gasteiger charge is 2.36. The van der Waals surface area contributed by atoms with Gasteiger partial charge in [-0.25, -0.2) is 0 Å². The van der Waals surface area contributed by atoms with E-state index in [-0.39, 0.29) is 0 Å². The van der Waals surface area contributed by atoms with E-state index in [1.54, 1.807) is 7.11 Å². The first kappa shape index (κ1) is 14.2. The van der Waals surface area contributed by atoms with Gasteiger partial charge in [0.25, 0.3) is 0 Å². The molecule has 0 saturated carbocycles. The van der Waals surface area contributed by atoms with Gasteiger partial charge in [-0.05, 0) is 47.6 Å². The highest BCUT2D eigenvalue weighted by Crippen LogP contribution is 2.43. The molecule has 0 aliphatic heterocycles. The zero-order chi connectivity index (χ0) is 14.9. The quantitative estimate of drug-likeness (QED) is 0.921. The maximum Gasteiger partial charge on any atom is 0.119 e. The van der Waals surface area contributed by atoms with E-state index in [0.717, 1.165) is 29.7 Å². The summed E-state index contributed by atoms with van der Waals surface area (Å²) in [6.45, 7) is 2.24. The molecule has 0 amide bonds. The first-order valence-corrected chi connectivity index (χ1v) is 7.57. The second kappa shape index (κ2) is 5.53. The van der Waals surface area contributed by atoms with E-state index in [1.165, 1.54) is 5.56 Å². The highest BCUT2D eigenvalue weighted by atomic mass is 16.5. The zero-order valence-electron chi connectivity index (χ0n) is 12.7. The largest absolute Gasteiger partial charge is 0.497 e. The smallest absolute Gasteiger partial charge is 0.119 e. The van der Waals surface area contributed by atoms with Crippen LogP contribution >= 0.6 is 0 Å². The van der Waals surface area contributed by atoms with Gasteiger partial charge in [-0.2, -0.15) is 0 Å². The second-order valence-corrected chi connectivity index (χ2v) is 6.09. The lowest BCUT2D eigenvalue weighted by Gasteiger charge is -2.37. The number of rotatable bonds is 3. The molecule has 1 aliphatic rings. The molecule has 2 atom stereocenters. The molecule has 0 radical (unpaired) electrons. The van der Waals surface area contributed by atoms with Gasteiger partial charge in [0, 0.05) is 6.42 Å². The van der Waals surface area contributed by atoms with Gasteiger partial charge in [-0.1, -0.05) is 43.3 Å². The van der Waals surface area contributed by atoms with Crippen molar-refractivity contribution in [2.75, 3.05) is 7.11 Å². The molecule has 2 aromatic carbocycles. The van der Waals surface area contributed by atoms with E-state index in [4.69, 9.17) is 4.74 Å². The van der Waals surface area contributed by atoms with E-state index >= 15 is 0 Å². The van der Waals surface area contributed by atoms with E-state index < -0.39 is 5.60 Å². The fourth-order valence-electron chi connectivity index (χ4n) is 3.40. The third-order valence-electron chi connectivity index (χ3n) is 4.61. The van der Waals surface area contributed by atoms with E-state index in [9.17, 15) is 5.11 Å². The van der Waals surface area contributed by atoms with Gasteiger partial charge >= 0.3 is 0 Å². The highest BCUT2D eigenvalue weighted by molar-refractivity contribution is 5.39. The van der Waals surface area contributed by atoms with Gasteiger partial charge < -0.3 is 9.84 Å². The first-order chi connectivity index (χ1) is 10.1. The van der Waals surface area contributed by atoms with Crippen LogP contribution in [0.4, 0.5) is 0 Å². The number of hydrogen-bond acceptors (Lipinski definition) is 2. The fraction of sp³-hybridized carbons (Fsp3) is 0.368. The van der Waals surface area contributed by atoms with Crippen LogP contribution in [0.3, 0.4) is 0 Å². The predicted molar refractivity (Wildman–Crippen MR) is 84.7 cm³/mol. The van der Waals surface area contributed by atoms with Crippen molar-refractivity contribution in [3.8, 4) is 5.75 Å². The normalized spacial score (nSPS) is 24.4. The second-order valence-electron chi connectivity index (χ2n) is 6.09. The first-order valence-electron chi connectivity index (χ1n) is 7.57. The standard InChI is InChI=1S/C19H22O2/c1-14-10-11-19(20,18-9-4-3-8-17(14)18)13-15-6-5-7-16(12-15)21-2/h3-9,12,14,20H,10-11,13H2,1-2H3. The Labute approximate surface area is 126 Å². The van der Waals surface area contributed by atoms with Crippen molar-refractivity contribution in [1.29, 1.82) is 0 Å². The maximum absolute atomic E-state index is 11.2. The van der Waals surface area contributed by atoms with Crippen LogP contribution in [0, 0.1) is 0 Å². The predicted octanol–water partition coefficient (Wildman–Crippen LogP) is 4.02. The molecule has 0 aromatic heterocycles. The summed E-state index contributed by atoms with van der Waals surface area (Å²) in [5.41, 5.74) is 2.72. The summed E-state index contributed by atoms with van der Waals surface area (Å²) in [4.78, 5) is 0. The molecule has 2 unspecified atom stereocenters. The van der Waals surface area contributed by atoms with Gasteiger partial charge in [0.2, 0.25) is 0 Å². The van der Waals surface area contributed by atoms with Crippen molar-refractivity contribution in [3.05, 3.63) is 65.2 Å². The lowest BCUT2D eigenvalue weighted by Crippen LogP contribution is -2.34. The van der Waals surface area contributed by atoms with Crippen LogP contribution in [-0.2, 0) is 12.0 Å². The van der Waals surface area contributed by atoms with Crippen molar-refractivity contribution in [3.63, 3.8) is 0 Å². The van der Waals surface area contributed by atoms with E-state index in [1.807, 2.05) is 24.3 Å². The van der Waals surface area contributed by atoms with Gasteiger partial charge in [-0.15, -0.1) is 0 Å². The molecule has 0 spiro atoms. The van der Waals surface area contributed by atoms with Gasteiger partial charge in [0.05, 0.1) is 12.7 Å². The molecule has 0 bridgehead atoms. The summed E-state index contributed by atoms with van der Waals surface area (Å²) in [6, 6.07) is 16.3. The zero-order valence-corrected chi connectivity index (χ0v) is 12.7. The number of benzene rings is 2. The van der Waals surface area contributed by atoms with Crippen LogP contribution < -0.4 is 4.74 Å². The topological polar surface area (TPSA) is 29.5 Å². The molecule has 1 aliphatic carbocycles. The Bertz CT molecular complexity index is 635. The molecule has 110 valence electrons. The Morgan fingerprint density at radius 3 is 2.81 bits per heavy atom. The van der Waals surface area contributed by atoms with Gasteiger partial charge in [0.15, 0.2) is 0 Å². The lowest BCUT2D eigenvalue weighted by atomic mass is 9.72. The van der Waals surface area contributed by atoms with Gasteiger partial charge in [0.1, 0.15) is 5.75 Å². The summed E-state index contributed by atoms with van der Waals surface area (Å²) in [7, 11) is 1.67. The summed E-state index contributed by atoms with van der Waals surface area (Å²) in [5, 5.41) is 11.2. The lowest BCUT2D eigenvalue weighted by molar-refractivity contribution is 0.0159. The van der Waals surface area contributed by atoms with Crippen molar-refractivity contribution in [2.45, 2.75) is 37.7 Å². The Balaban J connectivity index is 1.96. The number of hydrogen-bond donors (Lipinski definition) is 1. The molecule has 0 fully saturated rings. The van der Waals surface area contributed by atoms with Crippen LogP contribution in [0.1, 0.15) is 42.4 Å². The Morgan fingerprint density at radius 2 is 2.00 bits per heavy atom. The third kappa shape index (κ3) is 2.68. The van der Waals surface area contributed by atoms with Crippen molar-refractivity contribution >= 4 is 0 Å². The molecule has 0 saturated heterocycles. The van der Waals surface area contributed by atoms with Crippen LogP contribution in [0.2, 0.25) is 0 Å². The molecule has 1 N–H and O–H groups in total. The van der Waals surface area contributed by atoms with Crippen LogP contribution in [0.5, 0.6) is 5.75 Å². The third-order valence-corrected chi connectivity index (χ3v) is 4.61. The SMILES string of the molecule is COc1cccc(CC2(O)CCC(C)c3ccccc32)c1. The molecule has 3 rings (SSSR count). The van der Waals surface area contributed by atoms with E-state index in [2.05, 4.69) is 31.2 Å². The number of aliphatic hydroxyl groups is 1. The Morgan fingerprint density at radius 1 is 1.19 bits per heavy atom. The minimum atomic E-state index is -0.768. The molecule has 0 heterocycles. The van der Waals surface area contributed by atoms with Gasteiger partial charge in [-0.3, -0.25) is 0 Å². The summed E-state index contributed by atoms with van der Waals surface area (Å²) < 4.78 is 5.28. The van der Waals surface area contributed by atoms with Crippen molar-refractivity contribution in [1.82, 2.24) is 0 Å². The number of fused-ring (bicyclic) bond motifs is 1. The Kier molecular flexibility index (Phi) is 3.73. The molecule has 2 nitrogen and oxygen atoms in total. The maximum atomic E-state index is 11.2. The molecule has 2 heteroatoms. The molecular weight excluding hydrogens is 260 g/mol. The van der Waals surface area contributed by atoms with Crippen molar-refractivity contribution < 1.29 is 9.84 Å². The minimum absolute atomic E-state index is 0.520. The number of ether oxygens (including phenoxy) is 1. The molecule has 2 aromatic rings. The average molecular weight is 282 g/mol. The Hall–Kier alpha value is -1.80. The monoisotopic (exact) mass is 282 g/mol. The van der Waals surface area contributed by atoms with E-state index in [0.29, 0.717) is 12.3 Å². The average Bonchev–Trinajstić information content (AvgIpc) is 2.52. The van der Waals surface area contributed by atoms with Crippen LogP contribution in [-0.4, -0.2) is 12.2 Å². The number of methoxy groups -OCH3 is 1. The molecular formula is C19H22O2.